The van der Waals surface area contributed by atoms with E-state index in [0.29, 0.717) is 12.2 Å². The van der Waals surface area contributed by atoms with Crippen molar-refractivity contribution >= 4 is 5.97 Å². The Morgan fingerprint density at radius 1 is 1.39 bits per heavy atom. The van der Waals surface area contributed by atoms with Crippen LogP contribution in [-0.4, -0.2) is 61.2 Å². The predicted molar refractivity (Wildman–Crippen MR) is 68.0 cm³/mol. The lowest BCUT2D eigenvalue weighted by molar-refractivity contribution is 0.0594. The maximum Gasteiger partial charge on any atom is 0.354 e. The Morgan fingerprint density at radius 2 is 2.11 bits per heavy atom. The molecule has 6 heteroatoms. The van der Waals surface area contributed by atoms with E-state index in [2.05, 4.69) is 32.1 Å². The number of carbonyl (C=O) groups excluding carboxylic acids is 1. The number of rotatable bonds is 4. The SMILES string of the molecule is COC(=O)c1ccc(CNN2CCN(C)CC2)[nH]1. The van der Waals surface area contributed by atoms with Gasteiger partial charge in [-0.2, -0.15) is 0 Å². The van der Waals surface area contributed by atoms with E-state index in [0.717, 1.165) is 31.9 Å². The van der Waals surface area contributed by atoms with E-state index in [-0.39, 0.29) is 5.97 Å². The van der Waals surface area contributed by atoms with Gasteiger partial charge in [-0.05, 0) is 19.2 Å². The average Bonchev–Trinajstić information content (AvgIpc) is 2.86. The smallest absolute Gasteiger partial charge is 0.354 e. The van der Waals surface area contributed by atoms with Crippen LogP contribution in [0, 0.1) is 0 Å². The summed E-state index contributed by atoms with van der Waals surface area (Å²) >= 11 is 0. The largest absolute Gasteiger partial charge is 0.464 e. The van der Waals surface area contributed by atoms with Crippen molar-refractivity contribution in [3.8, 4) is 0 Å². The molecule has 0 amide bonds. The summed E-state index contributed by atoms with van der Waals surface area (Å²) in [6, 6.07) is 3.64. The number of ether oxygens (including phenoxy) is 1. The molecule has 2 heterocycles. The van der Waals surface area contributed by atoms with Crippen LogP contribution in [0.2, 0.25) is 0 Å². The molecular formula is C12H20N4O2. The second kappa shape index (κ2) is 5.99. The summed E-state index contributed by atoms with van der Waals surface area (Å²) in [6.45, 7) is 4.87. The van der Waals surface area contributed by atoms with Crippen LogP contribution in [0.25, 0.3) is 0 Å². The maximum absolute atomic E-state index is 11.3. The number of aromatic nitrogens is 1. The molecule has 2 rings (SSSR count). The van der Waals surface area contributed by atoms with Crippen LogP contribution in [0.15, 0.2) is 12.1 Å². The van der Waals surface area contributed by atoms with Crippen LogP contribution < -0.4 is 5.43 Å². The molecule has 0 radical (unpaired) electrons. The summed E-state index contributed by atoms with van der Waals surface area (Å²) in [6.07, 6.45) is 0. The molecule has 1 aromatic rings. The quantitative estimate of drug-likeness (QED) is 0.742. The number of carbonyl (C=O) groups is 1. The van der Waals surface area contributed by atoms with Gasteiger partial charge in [-0.3, -0.25) is 0 Å². The highest BCUT2D eigenvalue weighted by molar-refractivity contribution is 5.87. The van der Waals surface area contributed by atoms with E-state index in [4.69, 9.17) is 0 Å². The molecule has 1 aromatic heterocycles. The van der Waals surface area contributed by atoms with Gasteiger partial charge >= 0.3 is 5.97 Å². The molecule has 1 aliphatic heterocycles. The van der Waals surface area contributed by atoms with Crippen molar-refractivity contribution in [3.05, 3.63) is 23.5 Å². The first-order chi connectivity index (χ1) is 8.69. The van der Waals surface area contributed by atoms with Gasteiger partial charge in [0, 0.05) is 31.9 Å². The van der Waals surface area contributed by atoms with Gasteiger partial charge in [0.15, 0.2) is 0 Å². The van der Waals surface area contributed by atoms with E-state index < -0.39 is 0 Å². The van der Waals surface area contributed by atoms with Crippen LogP contribution in [0.1, 0.15) is 16.2 Å². The van der Waals surface area contributed by atoms with E-state index >= 15 is 0 Å². The lowest BCUT2D eigenvalue weighted by Crippen LogP contribution is -2.50. The van der Waals surface area contributed by atoms with Crippen molar-refractivity contribution in [2.45, 2.75) is 6.54 Å². The van der Waals surface area contributed by atoms with Crippen LogP contribution in [0.5, 0.6) is 0 Å². The number of esters is 1. The highest BCUT2D eigenvalue weighted by Gasteiger charge is 2.13. The highest BCUT2D eigenvalue weighted by atomic mass is 16.5. The summed E-state index contributed by atoms with van der Waals surface area (Å²) in [5.74, 6) is -0.333. The standard InChI is InChI=1S/C12H20N4O2/c1-15-5-7-16(8-6-15)13-9-10-3-4-11(14-10)12(17)18-2/h3-4,13-14H,5-9H2,1-2H3. The summed E-state index contributed by atoms with van der Waals surface area (Å²) in [5, 5.41) is 2.21. The maximum atomic E-state index is 11.3. The Labute approximate surface area is 107 Å². The summed E-state index contributed by atoms with van der Waals surface area (Å²) in [4.78, 5) is 16.6. The molecule has 0 saturated carbocycles. The molecule has 0 unspecified atom stereocenters. The molecule has 1 saturated heterocycles. The number of H-pyrrole nitrogens is 1. The Bertz CT molecular complexity index is 397. The van der Waals surface area contributed by atoms with E-state index in [1.54, 1.807) is 6.07 Å². The molecule has 0 aromatic carbocycles. The van der Waals surface area contributed by atoms with Crippen LogP contribution >= 0.6 is 0 Å². The molecule has 0 bridgehead atoms. The zero-order valence-electron chi connectivity index (χ0n) is 10.9. The summed E-state index contributed by atoms with van der Waals surface area (Å²) in [7, 11) is 3.51. The molecular weight excluding hydrogens is 232 g/mol. The lowest BCUT2D eigenvalue weighted by atomic mass is 10.4. The zero-order valence-corrected chi connectivity index (χ0v) is 10.9. The van der Waals surface area contributed by atoms with Gasteiger partial charge in [-0.1, -0.05) is 0 Å². The van der Waals surface area contributed by atoms with E-state index in [9.17, 15) is 4.79 Å². The van der Waals surface area contributed by atoms with Crippen molar-refractivity contribution in [1.29, 1.82) is 0 Å². The number of hydrogen-bond acceptors (Lipinski definition) is 5. The van der Waals surface area contributed by atoms with Crippen LogP contribution in [-0.2, 0) is 11.3 Å². The fourth-order valence-electron chi connectivity index (χ4n) is 1.93. The molecule has 0 atom stereocenters. The third kappa shape index (κ3) is 3.32. The minimum absolute atomic E-state index is 0.333. The molecule has 2 N–H and O–H groups in total. The summed E-state index contributed by atoms with van der Waals surface area (Å²) < 4.78 is 4.65. The minimum Gasteiger partial charge on any atom is -0.464 e. The normalized spacial score (nSPS) is 17.9. The Morgan fingerprint density at radius 3 is 2.78 bits per heavy atom. The number of likely N-dealkylation sites (N-methyl/N-ethyl adjacent to an activating group) is 1. The number of methoxy groups -OCH3 is 1. The van der Waals surface area contributed by atoms with Crippen LogP contribution in [0.4, 0.5) is 0 Å². The van der Waals surface area contributed by atoms with Gasteiger partial charge in [0.05, 0.1) is 13.7 Å². The molecule has 6 nitrogen and oxygen atoms in total. The van der Waals surface area contributed by atoms with Gasteiger partial charge in [0.1, 0.15) is 5.69 Å². The van der Waals surface area contributed by atoms with Crippen molar-refractivity contribution in [3.63, 3.8) is 0 Å². The van der Waals surface area contributed by atoms with Gasteiger partial charge in [0.2, 0.25) is 0 Å². The van der Waals surface area contributed by atoms with E-state index in [1.807, 2.05) is 6.07 Å². The second-order valence-electron chi connectivity index (χ2n) is 4.51. The molecule has 100 valence electrons. The zero-order chi connectivity index (χ0) is 13.0. The van der Waals surface area contributed by atoms with Crippen molar-refractivity contribution in [2.75, 3.05) is 40.3 Å². The molecule has 18 heavy (non-hydrogen) atoms. The Kier molecular flexibility index (Phi) is 4.35. The molecule has 1 aliphatic rings. The number of hydrazine groups is 1. The number of aromatic amines is 1. The van der Waals surface area contributed by atoms with Crippen molar-refractivity contribution < 1.29 is 9.53 Å². The number of nitrogens with zero attached hydrogens (tertiary/aromatic N) is 2. The number of hydrogen-bond donors (Lipinski definition) is 2. The van der Waals surface area contributed by atoms with E-state index in [1.165, 1.54) is 7.11 Å². The third-order valence-corrected chi connectivity index (χ3v) is 3.15. The van der Waals surface area contributed by atoms with Gasteiger partial charge < -0.3 is 14.6 Å². The van der Waals surface area contributed by atoms with Crippen molar-refractivity contribution in [1.82, 2.24) is 20.3 Å². The molecule has 0 aliphatic carbocycles. The fraction of sp³-hybridized carbons (Fsp3) is 0.583. The molecule has 1 fully saturated rings. The number of piperazine rings is 1. The topological polar surface area (TPSA) is 60.6 Å². The second-order valence-corrected chi connectivity index (χ2v) is 4.51. The fourth-order valence-corrected chi connectivity index (χ4v) is 1.93. The predicted octanol–water partition coefficient (Wildman–Crippen LogP) is 0.0533. The average molecular weight is 252 g/mol. The van der Waals surface area contributed by atoms with Crippen LogP contribution in [0.3, 0.4) is 0 Å². The van der Waals surface area contributed by atoms with Gasteiger partial charge in [-0.15, -0.1) is 0 Å². The monoisotopic (exact) mass is 252 g/mol. The third-order valence-electron chi connectivity index (χ3n) is 3.15. The summed E-state index contributed by atoms with van der Waals surface area (Å²) in [5.41, 5.74) is 4.83. The Hall–Kier alpha value is -1.37. The first-order valence-corrected chi connectivity index (χ1v) is 6.12. The first kappa shape index (κ1) is 13.1. The first-order valence-electron chi connectivity index (χ1n) is 6.12. The van der Waals surface area contributed by atoms with Crippen molar-refractivity contribution in [2.24, 2.45) is 0 Å². The minimum atomic E-state index is -0.333. The lowest BCUT2D eigenvalue weighted by Gasteiger charge is -2.32. The highest BCUT2D eigenvalue weighted by Crippen LogP contribution is 2.04. The van der Waals surface area contributed by atoms with Gasteiger partial charge in [0.25, 0.3) is 0 Å². The number of nitrogens with one attached hydrogen (secondary N) is 2. The van der Waals surface area contributed by atoms with Gasteiger partial charge in [-0.25, -0.2) is 15.2 Å². The Balaban J connectivity index is 1.79. The molecule has 0 spiro atoms.